The predicted octanol–water partition coefficient (Wildman–Crippen LogP) is 2.58. The van der Waals surface area contributed by atoms with Crippen LogP contribution in [0.15, 0.2) is 30.5 Å². The fourth-order valence-corrected chi connectivity index (χ4v) is 2.07. The molecule has 2 N–H and O–H groups in total. The van der Waals surface area contributed by atoms with Gasteiger partial charge in [0, 0.05) is 5.69 Å². The third kappa shape index (κ3) is 2.82. The van der Waals surface area contributed by atoms with E-state index in [-0.39, 0.29) is 5.97 Å². The number of hydrogen-bond donors (Lipinski definition) is 1. The Bertz CT molecular complexity index is 588. The van der Waals surface area contributed by atoms with Crippen molar-refractivity contribution in [3.05, 3.63) is 41.7 Å². The van der Waals surface area contributed by atoms with E-state index in [0.717, 1.165) is 24.2 Å². The van der Waals surface area contributed by atoms with E-state index in [2.05, 4.69) is 12.0 Å². The van der Waals surface area contributed by atoms with Gasteiger partial charge in [0.1, 0.15) is 5.56 Å². The highest BCUT2D eigenvalue weighted by molar-refractivity contribution is 5.90. The highest BCUT2D eigenvalue weighted by Gasteiger charge is 2.18. The molecule has 0 atom stereocenters. The van der Waals surface area contributed by atoms with Crippen LogP contribution >= 0.6 is 0 Å². The number of nitrogens with zero attached hydrogens (tertiary/aromatic N) is 2. The van der Waals surface area contributed by atoms with E-state index in [0.29, 0.717) is 17.9 Å². The second kappa shape index (κ2) is 6.23. The standard InChI is InChI=1S/C15H19N3O2/c1-3-5-14-13(15(19)20-4-2)10-17-18(14)12-8-6-11(16)7-9-12/h6-10H,3-5,16H2,1-2H3. The van der Waals surface area contributed by atoms with Crippen LogP contribution in [0.4, 0.5) is 5.69 Å². The summed E-state index contributed by atoms with van der Waals surface area (Å²) in [6, 6.07) is 7.40. The molecule has 5 heteroatoms. The summed E-state index contributed by atoms with van der Waals surface area (Å²) in [5, 5.41) is 4.31. The van der Waals surface area contributed by atoms with E-state index >= 15 is 0 Å². The fourth-order valence-electron chi connectivity index (χ4n) is 2.07. The number of aromatic nitrogens is 2. The number of carbonyl (C=O) groups excluding carboxylic acids is 1. The number of nitrogens with two attached hydrogens (primary N) is 1. The lowest BCUT2D eigenvalue weighted by Gasteiger charge is -2.09. The minimum atomic E-state index is -0.322. The van der Waals surface area contributed by atoms with Crippen LogP contribution in [0, 0.1) is 0 Å². The van der Waals surface area contributed by atoms with Gasteiger partial charge in [-0.3, -0.25) is 0 Å². The summed E-state index contributed by atoms with van der Waals surface area (Å²) in [4.78, 5) is 11.9. The molecular weight excluding hydrogens is 254 g/mol. The molecule has 1 aromatic heterocycles. The molecule has 2 aromatic rings. The van der Waals surface area contributed by atoms with Crippen LogP contribution in [0.1, 0.15) is 36.3 Å². The van der Waals surface area contributed by atoms with Crippen LogP contribution in [0.5, 0.6) is 0 Å². The van der Waals surface area contributed by atoms with Gasteiger partial charge in [-0.05, 0) is 37.6 Å². The number of esters is 1. The molecule has 20 heavy (non-hydrogen) atoms. The van der Waals surface area contributed by atoms with Crippen molar-refractivity contribution in [3.8, 4) is 5.69 Å². The Hall–Kier alpha value is -2.30. The molecule has 0 saturated carbocycles. The Labute approximate surface area is 118 Å². The van der Waals surface area contributed by atoms with Gasteiger partial charge < -0.3 is 10.5 Å². The molecule has 0 saturated heterocycles. The molecule has 0 aliphatic carbocycles. The van der Waals surface area contributed by atoms with Crippen LogP contribution in [-0.4, -0.2) is 22.4 Å². The topological polar surface area (TPSA) is 70.1 Å². The summed E-state index contributed by atoms with van der Waals surface area (Å²) in [7, 11) is 0. The van der Waals surface area contributed by atoms with E-state index in [9.17, 15) is 4.79 Å². The van der Waals surface area contributed by atoms with Gasteiger partial charge in [-0.25, -0.2) is 9.48 Å². The average molecular weight is 273 g/mol. The number of hydrogen-bond acceptors (Lipinski definition) is 4. The molecule has 0 spiro atoms. The molecule has 0 bridgehead atoms. The van der Waals surface area contributed by atoms with Gasteiger partial charge in [-0.1, -0.05) is 13.3 Å². The number of rotatable bonds is 5. The van der Waals surface area contributed by atoms with E-state index in [4.69, 9.17) is 10.5 Å². The summed E-state index contributed by atoms with van der Waals surface area (Å²) in [6.07, 6.45) is 3.25. The number of nitrogen functional groups attached to an aromatic ring is 1. The largest absolute Gasteiger partial charge is 0.462 e. The van der Waals surface area contributed by atoms with Crippen molar-refractivity contribution >= 4 is 11.7 Å². The van der Waals surface area contributed by atoms with Crippen molar-refractivity contribution in [1.29, 1.82) is 0 Å². The fraction of sp³-hybridized carbons (Fsp3) is 0.333. The first kappa shape index (κ1) is 14.1. The number of carbonyl (C=O) groups is 1. The smallest absolute Gasteiger partial charge is 0.341 e. The van der Waals surface area contributed by atoms with Gasteiger partial charge in [0.25, 0.3) is 0 Å². The monoisotopic (exact) mass is 273 g/mol. The van der Waals surface area contributed by atoms with E-state index in [1.54, 1.807) is 17.8 Å². The summed E-state index contributed by atoms with van der Waals surface area (Å²) >= 11 is 0. The van der Waals surface area contributed by atoms with Crippen LogP contribution in [-0.2, 0) is 11.2 Å². The first-order chi connectivity index (χ1) is 9.67. The van der Waals surface area contributed by atoms with Gasteiger partial charge >= 0.3 is 5.97 Å². The maximum atomic E-state index is 11.9. The van der Waals surface area contributed by atoms with Crippen LogP contribution in [0.2, 0.25) is 0 Å². The molecule has 0 radical (unpaired) electrons. The van der Waals surface area contributed by atoms with E-state index in [1.165, 1.54) is 0 Å². The van der Waals surface area contributed by atoms with Crippen molar-refractivity contribution in [2.75, 3.05) is 12.3 Å². The molecule has 1 aromatic carbocycles. The zero-order valence-electron chi connectivity index (χ0n) is 11.8. The van der Waals surface area contributed by atoms with Crippen molar-refractivity contribution in [1.82, 2.24) is 9.78 Å². The van der Waals surface area contributed by atoms with E-state index < -0.39 is 0 Å². The zero-order chi connectivity index (χ0) is 14.5. The first-order valence-corrected chi connectivity index (χ1v) is 6.77. The lowest BCUT2D eigenvalue weighted by molar-refractivity contribution is 0.0525. The second-order valence-electron chi connectivity index (χ2n) is 4.48. The minimum Gasteiger partial charge on any atom is -0.462 e. The number of benzene rings is 1. The molecule has 0 amide bonds. The summed E-state index contributed by atoms with van der Waals surface area (Å²) in [5.74, 6) is -0.322. The summed E-state index contributed by atoms with van der Waals surface area (Å²) in [5.41, 5.74) is 8.68. The Morgan fingerprint density at radius 3 is 2.60 bits per heavy atom. The lowest BCUT2D eigenvalue weighted by atomic mass is 10.1. The third-order valence-electron chi connectivity index (χ3n) is 2.99. The minimum absolute atomic E-state index is 0.322. The molecule has 5 nitrogen and oxygen atoms in total. The molecule has 0 aliphatic heterocycles. The van der Waals surface area contributed by atoms with Gasteiger partial charge in [-0.15, -0.1) is 0 Å². The van der Waals surface area contributed by atoms with Crippen molar-refractivity contribution in [2.45, 2.75) is 26.7 Å². The van der Waals surface area contributed by atoms with E-state index in [1.807, 2.05) is 24.3 Å². The quantitative estimate of drug-likeness (QED) is 0.671. The van der Waals surface area contributed by atoms with Gasteiger partial charge in [0.2, 0.25) is 0 Å². The Morgan fingerprint density at radius 2 is 2.00 bits per heavy atom. The number of ether oxygens (including phenoxy) is 1. The highest BCUT2D eigenvalue weighted by Crippen LogP contribution is 2.18. The van der Waals surface area contributed by atoms with Crippen molar-refractivity contribution in [2.24, 2.45) is 0 Å². The zero-order valence-corrected chi connectivity index (χ0v) is 11.8. The molecule has 0 fully saturated rings. The molecule has 0 unspecified atom stereocenters. The van der Waals surface area contributed by atoms with Crippen molar-refractivity contribution < 1.29 is 9.53 Å². The average Bonchev–Trinajstić information content (AvgIpc) is 2.84. The Kier molecular flexibility index (Phi) is 4.40. The third-order valence-corrected chi connectivity index (χ3v) is 2.99. The molecule has 106 valence electrons. The second-order valence-corrected chi connectivity index (χ2v) is 4.48. The Morgan fingerprint density at radius 1 is 1.30 bits per heavy atom. The number of anilines is 1. The maximum Gasteiger partial charge on any atom is 0.341 e. The molecule has 0 aliphatic rings. The molecular formula is C15H19N3O2. The summed E-state index contributed by atoms with van der Waals surface area (Å²) < 4.78 is 6.84. The van der Waals surface area contributed by atoms with Crippen LogP contribution < -0.4 is 5.73 Å². The van der Waals surface area contributed by atoms with Gasteiger partial charge in [0.05, 0.1) is 24.2 Å². The van der Waals surface area contributed by atoms with Crippen LogP contribution in [0.3, 0.4) is 0 Å². The SMILES string of the molecule is CCCc1c(C(=O)OCC)cnn1-c1ccc(N)cc1. The first-order valence-electron chi connectivity index (χ1n) is 6.77. The Balaban J connectivity index is 2.43. The van der Waals surface area contributed by atoms with Gasteiger partial charge in [-0.2, -0.15) is 5.10 Å². The normalized spacial score (nSPS) is 10.5. The van der Waals surface area contributed by atoms with Crippen molar-refractivity contribution in [3.63, 3.8) is 0 Å². The maximum absolute atomic E-state index is 11.9. The lowest BCUT2D eigenvalue weighted by Crippen LogP contribution is -2.09. The van der Waals surface area contributed by atoms with Crippen LogP contribution in [0.25, 0.3) is 5.69 Å². The molecule has 1 heterocycles. The van der Waals surface area contributed by atoms with Gasteiger partial charge in [0.15, 0.2) is 0 Å². The predicted molar refractivity (Wildman–Crippen MR) is 77.9 cm³/mol. The highest BCUT2D eigenvalue weighted by atomic mass is 16.5. The summed E-state index contributed by atoms with van der Waals surface area (Å²) in [6.45, 7) is 4.22. The molecule has 2 rings (SSSR count).